The maximum atomic E-state index is 13.2. The third-order valence-corrected chi connectivity index (χ3v) is 3.35. The summed E-state index contributed by atoms with van der Waals surface area (Å²) >= 11 is 5.65. The number of benzene rings is 1. The summed E-state index contributed by atoms with van der Waals surface area (Å²) in [4.78, 5) is 0. The number of nitrogens with one attached hydrogen (secondary N) is 1. The highest BCUT2D eigenvalue weighted by Crippen LogP contribution is 2.19. The van der Waals surface area contributed by atoms with E-state index in [0.29, 0.717) is 12.0 Å². The standard InChI is InChI=1S/C13H19ClFN/c1-4-13(16-3)9(2)7-10-5-6-11(14)12(15)8-10/h5-6,8-9,13,16H,4,7H2,1-3H3. The molecule has 2 atom stereocenters. The molecule has 1 aromatic rings. The molecule has 0 bridgehead atoms. The molecule has 0 heterocycles. The molecule has 0 aliphatic carbocycles. The van der Waals surface area contributed by atoms with Gasteiger partial charge >= 0.3 is 0 Å². The highest BCUT2D eigenvalue weighted by molar-refractivity contribution is 6.30. The third kappa shape index (κ3) is 3.46. The Morgan fingerprint density at radius 2 is 2.12 bits per heavy atom. The van der Waals surface area contributed by atoms with Crippen LogP contribution < -0.4 is 5.32 Å². The number of hydrogen-bond donors (Lipinski definition) is 1. The maximum absolute atomic E-state index is 13.2. The normalized spacial score (nSPS) is 14.8. The van der Waals surface area contributed by atoms with Crippen LogP contribution in [-0.2, 0) is 6.42 Å². The summed E-state index contributed by atoms with van der Waals surface area (Å²) in [7, 11) is 1.97. The average molecular weight is 244 g/mol. The van der Waals surface area contributed by atoms with Crippen LogP contribution in [0.2, 0.25) is 5.02 Å². The lowest BCUT2D eigenvalue weighted by Crippen LogP contribution is -2.32. The molecule has 0 amide bonds. The monoisotopic (exact) mass is 243 g/mol. The molecule has 1 N–H and O–H groups in total. The Hall–Kier alpha value is -0.600. The Balaban J connectivity index is 2.69. The zero-order valence-corrected chi connectivity index (χ0v) is 10.8. The zero-order chi connectivity index (χ0) is 12.1. The fourth-order valence-electron chi connectivity index (χ4n) is 2.07. The van der Waals surface area contributed by atoms with Gasteiger partial charge in [0, 0.05) is 6.04 Å². The second kappa shape index (κ2) is 6.21. The molecular formula is C13H19ClFN. The minimum absolute atomic E-state index is 0.192. The summed E-state index contributed by atoms with van der Waals surface area (Å²) < 4.78 is 13.2. The fourth-order valence-corrected chi connectivity index (χ4v) is 2.19. The second-order valence-electron chi connectivity index (χ2n) is 4.23. The summed E-state index contributed by atoms with van der Waals surface area (Å²) in [5.74, 6) is 0.152. The van der Waals surface area contributed by atoms with Crippen LogP contribution in [0.3, 0.4) is 0 Å². The van der Waals surface area contributed by atoms with E-state index in [2.05, 4.69) is 19.2 Å². The molecule has 2 unspecified atom stereocenters. The highest BCUT2D eigenvalue weighted by Gasteiger charge is 2.14. The lowest BCUT2D eigenvalue weighted by Gasteiger charge is -2.22. The SMILES string of the molecule is CCC(NC)C(C)Cc1ccc(Cl)c(F)c1. The largest absolute Gasteiger partial charge is 0.317 e. The van der Waals surface area contributed by atoms with Crippen molar-refractivity contribution in [1.82, 2.24) is 5.32 Å². The first-order valence-electron chi connectivity index (χ1n) is 5.69. The molecule has 90 valence electrons. The smallest absolute Gasteiger partial charge is 0.142 e. The molecular weight excluding hydrogens is 225 g/mol. The molecule has 3 heteroatoms. The first kappa shape index (κ1) is 13.5. The minimum Gasteiger partial charge on any atom is -0.317 e. The lowest BCUT2D eigenvalue weighted by atomic mass is 9.92. The van der Waals surface area contributed by atoms with Crippen LogP contribution in [0.1, 0.15) is 25.8 Å². The zero-order valence-electron chi connectivity index (χ0n) is 10.1. The van der Waals surface area contributed by atoms with Gasteiger partial charge in [-0.25, -0.2) is 4.39 Å². The molecule has 0 fully saturated rings. The molecule has 1 rings (SSSR count). The van der Waals surface area contributed by atoms with E-state index in [1.807, 2.05) is 13.1 Å². The Kier molecular flexibility index (Phi) is 5.23. The summed E-state index contributed by atoms with van der Waals surface area (Å²) in [5, 5.41) is 3.47. The van der Waals surface area contributed by atoms with Crippen LogP contribution in [0.5, 0.6) is 0 Å². The Bertz CT molecular complexity index is 337. The van der Waals surface area contributed by atoms with Crippen molar-refractivity contribution < 1.29 is 4.39 Å². The number of hydrogen-bond acceptors (Lipinski definition) is 1. The molecule has 0 aromatic heterocycles. The van der Waals surface area contributed by atoms with Crippen LogP contribution in [0.15, 0.2) is 18.2 Å². The first-order chi connectivity index (χ1) is 7.58. The van der Waals surface area contributed by atoms with Crippen LogP contribution >= 0.6 is 11.6 Å². The van der Waals surface area contributed by atoms with Crippen molar-refractivity contribution in [2.75, 3.05) is 7.05 Å². The second-order valence-corrected chi connectivity index (χ2v) is 4.64. The van der Waals surface area contributed by atoms with Gasteiger partial charge in [-0.1, -0.05) is 31.5 Å². The van der Waals surface area contributed by atoms with Crippen molar-refractivity contribution in [2.24, 2.45) is 5.92 Å². The van der Waals surface area contributed by atoms with E-state index in [4.69, 9.17) is 11.6 Å². The Morgan fingerprint density at radius 3 is 2.62 bits per heavy atom. The topological polar surface area (TPSA) is 12.0 Å². The van der Waals surface area contributed by atoms with Gasteiger partial charge in [-0.05, 0) is 43.5 Å². The summed E-state index contributed by atoms with van der Waals surface area (Å²) in [6.45, 7) is 4.33. The van der Waals surface area contributed by atoms with Crippen molar-refractivity contribution in [3.8, 4) is 0 Å². The van der Waals surface area contributed by atoms with E-state index < -0.39 is 0 Å². The fraction of sp³-hybridized carbons (Fsp3) is 0.538. The molecule has 0 spiro atoms. The molecule has 0 aliphatic heterocycles. The van der Waals surface area contributed by atoms with Crippen LogP contribution in [0.4, 0.5) is 4.39 Å². The minimum atomic E-state index is -0.330. The molecule has 16 heavy (non-hydrogen) atoms. The Labute approximate surface area is 102 Å². The summed E-state index contributed by atoms with van der Waals surface area (Å²) in [6.07, 6.45) is 1.95. The summed E-state index contributed by atoms with van der Waals surface area (Å²) in [5.41, 5.74) is 1.00. The van der Waals surface area contributed by atoms with Crippen LogP contribution in [0.25, 0.3) is 0 Å². The summed E-state index contributed by atoms with van der Waals surface area (Å²) in [6, 6.07) is 5.52. The molecule has 0 saturated carbocycles. The van der Waals surface area contributed by atoms with Gasteiger partial charge in [-0.3, -0.25) is 0 Å². The van der Waals surface area contributed by atoms with Crippen LogP contribution in [-0.4, -0.2) is 13.1 Å². The van der Waals surface area contributed by atoms with Crippen molar-refractivity contribution in [3.05, 3.63) is 34.6 Å². The molecule has 0 saturated heterocycles. The van der Waals surface area contributed by atoms with Crippen molar-refractivity contribution in [2.45, 2.75) is 32.7 Å². The van der Waals surface area contributed by atoms with Crippen molar-refractivity contribution >= 4 is 11.6 Å². The predicted molar refractivity (Wildman–Crippen MR) is 67.4 cm³/mol. The van der Waals surface area contributed by atoms with Crippen LogP contribution in [0, 0.1) is 11.7 Å². The van der Waals surface area contributed by atoms with E-state index in [1.165, 1.54) is 6.07 Å². The van der Waals surface area contributed by atoms with E-state index in [-0.39, 0.29) is 10.8 Å². The maximum Gasteiger partial charge on any atom is 0.142 e. The number of halogens is 2. The van der Waals surface area contributed by atoms with Gasteiger partial charge in [0.1, 0.15) is 5.82 Å². The van der Waals surface area contributed by atoms with Gasteiger partial charge in [0.25, 0.3) is 0 Å². The van der Waals surface area contributed by atoms with Gasteiger partial charge < -0.3 is 5.32 Å². The van der Waals surface area contributed by atoms with Crippen molar-refractivity contribution in [1.29, 1.82) is 0 Å². The number of rotatable bonds is 5. The van der Waals surface area contributed by atoms with Gasteiger partial charge in [-0.15, -0.1) is 0 Å². The molecule has 0 radical (unpaired) electrons. The van der Waals surface area contributed by atoms with Crippen molar-refractivity contribution in [3.63, 3.8) is 0 Å². The Morgan fingerprint density at radius 1 is 1.44 bits per heavy atom. The quantitative estimate of drug-likeness (QED) is 0.832. The van der Waals surface area contributed by atoms with E-state index >= 15 is 0 Å². The lowest BCUT2D eigenvalue weighted by molar-refractivity contribution is 0.386. The molecule has 1 nitrogen and oxygen atoms in total. The van der Waals surface area contributed by atoms with E-state index in [9.17, 15) is 4.39 Å². The van der Waals surface area contributed by atoms with Gasteiger partial charge in [0.2, 0.25) is 0 Å². The van der Waals surface area contributed by atoms with E-state index in [1.54, 1.807) is 6.07 Å². The van der Waals surface area contributed by atoms with Gasteiger partial charge in [0.05, 0.1) is 5.02 Å². The van der Waals surface area contributed by atoms with Gasteiger partial charge in [0.15, 0.2) is 0 Å². The third-order valence-electron chi connectivity index (χ3n) is 3.04. The first-order valence-corrected chi connectivity index (χ1v) is 6.07. The highest BCUT2D eigenvalue weighted by atomic mass is 35.5. The molecule has 0 aliphatic rings. The van der Waals surface area contributed by atoms with Gasteiger partial charge in [-0.2, -0.15) is 0 Å². The van der Waals surface area contributed by atoms with E-state index in [0.717, 1.165) is 18.4 Å². The molecule has 1 aromatic carbocycles. The average Bonchev–Trinajstić information content (AvgIpc) is 2.25. The predicted octanol–water partition coefficient (Wildman–Crippen LogP) is 3.66.